The van der Waals surface area contributed by atoms with E-state index < -0.39 is 29.6 Å². The second-order valence-corrected chi connectivity index (χ2v) is 12.0. The Labute approximate surface area is 222 Å². The molecule has 1 spiro atoms. The molecular formula is C27H28BrN3O4S. The maximum Gasteiger partial charge on any atom is 0.246 e. The third-order valence-corrected chi connectivity index (χ3v) is 9.28. The van der Waals surface area contributed by atoms with Gasteiger partial charge in [-0.3, -0.25) is 14.4 Å². The van der Waals surface area contributed by atoms with Gasteiger partial charge in [0.25, 0.3) is 0 Å². The lowest BCUT2D eigenvalue weighted by atomic mass is 9.74. The molecule has 5 unspecified atom stereocenters. The van der Waals surface area contributed by atoms with Crippen molar-refractivity contribution in [3.63, 3.8) is 0 Å². The molecule has 3 fully saturated rings. The van der Waals surface area contributed by atoms with Crippen LogP contribution in [0, 0.1) is 11.8 Å². The number of amides is 3. The summed E-state index contributed by atoms with van der Waals surface area (Å²) in [7, 11) is 0. The number of carbonyl (C=O) groups excluding carboxylic acids is 3. The minimum absolute atomic E-state index is 0.111. The van der Waals surface area contributed by atoms with Crippen molar-refractivity contribution in [2.45, 2.75) is 62.4 Å². The summed E-state index contributed by atoms with van der Waals surface area (Å²) >= 11 is 4.95. The summed E-state index contributed by atoms with van der Waals surface area (Å²) in [5.74, 6) is -2.10. The van der Waals surface area contributed by atoms with Crippen molar-refractivity contribution >= 4 is 50.7 Å². The summed E-state index contributed by atoms with van der Waals surface area (Å²) in [6.45, 7) is 0.320. The van der Waals surface area contributed by atoms with E-state index in [9.17, 15) is 14.4 Å². The normalized spacial score (nSPS) is 31.0. The zero-order valence-electron chi connectivity index (χ0n) is 19.7. The Morgan fingerprint density at radius 1 is 1.11 bits per heavy atom. The van der Waals surface area contributed by atoms with E-state index in [-0.39, 0.29) is 23.8 Å². The van der Waals surface area contributed by atoms with Crippen molar-refractivity contribution in [2.75, 3.05) is 5.32 Å². The van der Waals surface area contributed by atoms with E-state index in [2.05, 4.69) is 26.6 Å². The third-order valence-electron chi connectivity index (χ3n) is 7.89. The zero-order valence-corrected chi connectivity index (χ0v) is 22.1. The van der Waals surface area contributed by atoms with Gasteiger partial charge in [0, 0.05) is 21.1 Å². The highest BCUT2D eigenvalue weighted by atomic mass is 79.9. The second-order valence-electron chi connectivity index (χ2n) is 10.1. The van der Waals surface area contributed by atoms with Gasteiger partial charge in [-0.05, 0) is 48.6 Å². The van der Waals surface area contributed by atoms with Gasteiger partial charge in [-0.2, -0.15) is 0 Å². The van der Waals surface area contributed by atoms with Gasteiger partial charge in [0.05, 0.1) is 24.5 Å². The predicted molar refractivity (Wildman–Crippen MR) is 140 cm³/mol. The summed E-state index contributed by atoms with van der Waals surface area (Å²) in [5.41, 5.74) is -0.490. The molecule has 1 aromatic heterocycles. The van der Waals surface area contributed by atoms with Crippen molar-refractivity contribution in [2.24, 2.45) is 11.8 Å². The lowest BCUT2D eigenvalue weighted by Crippen LogP contribution is -2.56. The number of benzene rings is 1. The number of halogens is 1. The first kappa shape index (κ1) is 23.9. The van der Waals surface area contributed by atoms with Gasteiger partial charge in [-0.15, -0.1) is 11.3 Å². The zero-order chi connectivity index (χ0) is 24.9. The summed E-state index contributed by atoms with van der Waals surface area (Å²) in [4.78, 5) is 43.9. The molecule has 2 saturated heterocycles. The Morgan fingerprint density at radius 2 is 1.89 bits per heavy atom. The van der Waals surface area contributed by atoms with Gasteiger partial charge in [0.2, 0.25) is 17.7 Å². The highest BCUT2D eigenvalue weighted by molar-refractivity contribution is 9.10. The van der Waals surface area contributed by atoms with Crippen molar-refractivity contribution < 1.29 is 19.1 Å². The van der Waals surface area contributed by atoms with Crippen molar-refractivity contribution in [1.29, 1.82) is 0 Å². The van der Waals surface area contributed by atoms with Crippen molar-refractivity contribution in [1.82, 2.24) is 10.2 Å². The number of thiophene rings is 1. The average molecular weight is 571 g/mol. The number of likely N-dealkylation sites (tertiary alicyclic amines) is 1. The number of fused-ring (bicyclic) bond motifs is 1. The molecule has 9 heteroatoms. The topological polar surface area (TPSA) is 87.7 Å². The van der Waals surface area contributed by atoms with Gasteiger partial charge in [0.15, 0.2) is 0 Å². The minimum atomic E-state index is -1.14. The van der Waals surface area contributed by atoms with Gasteiger partial charge in [0.1, 0.15) is 11.6 Å². The Hall–Kier alpha value is -2.49. The van der Waals surface area contributed by atoms with Crippen LogP contribution in [0.5, 0.6) is 0 Å². The van der Waals surface area contributed by atoms with Crippen LogP contribution in [0.1, 0.15) is 37.0 Å². The van der Waals surface area contributed by atoms with Crippen LogP contribution in [0.15, 0.2) is 58.4 Å². The number of nitrogens with zero attached hydrogens (tertiary/aromatic N) is 1. The standard InChI is InChI=1S/C27H28BrN3O4S/c28-16-8-10-18(11-9-16)29-24(32)21-20-12-13-27(35-20)22(21)26(34)31(15-19-7-4-14-36-19)23(27)25(33)30-17-5-2-1-3-6-17/h4,7-14,17,20-23H,1-3,5-6,15H2,(H,29,32)(H,30,33). The lowest BCUT2D eigenvalue weighted by molar-refractivity contribution is -0.142. The van der Waals surface area contributed by atoms with E-state index >= 15 is 0 Å². The molecule has 2 aromatic rings. The van der Waals surface area contributed by atoms with E-state index in [1.54, 1.807) is 16.2 Å². The molecule has 1 saturated carbocycles. The molecule has 2 N–H and O–H groups in total. The van der Waals surface area contributed by atoms with Crippen molar-refractivity contribution in [3.8, 4) is 0 Å². The molecule has 1 aliphatic carbocycles. The molecule has 6 rings (SSSR count). The fourth-order valence-electron chi connectivity index (χ4n) is 6.29. The molecule has 4 aliphatic rings. The Balaban J connectivity index is 1.31. The highest BCUT2D eigenvalue weighted by Crippen LogP contribution is 2.55. The van der Waals surface area contributed by atoms with Crippen LogP contribution < -0.4 is 10.6 Å². The lowest BCUT2D eigenvalue weighted by Gasteiger charge is -2.34. The van der Waals surface area contributed by atoms with Crippen LogP contribution >= 0.6 is 27.3 Å². The molecule has 188 valence electrons. The highest BCUT2D eigenvalue weighted by Gasteiger charge is 2.72. The summed E-state index contributed by atoms with van der Waals surface area (Å²) in [5, 5.41) is 8.14. The first-order chi connectivity index (χ1) is 17.5. The maximum atomic E-state index is 14.0. The average Bonchev–Trinajstić information content (AvgIpc) is 3.64. The SMILES string of the molecule is O=C(Nc1ccc(Br)cc1)C1C2C=CC3(O2)C1C(=O)N(Cc1cccs1)C3C(=O)NC1CCCCC1. The molecule has 3 aliphatic heterocycles. The monoisotopic (exact) mass is 569 g/mol. The number of anilines is 1. The quantitative estimate of drug-likeness (QED) is 0.509. The van der Waals surface area contributed by atoms with Gasteiger partial charge < -0.3 is 20.3 Å². The van der Waals surface area contributed by atoms with E-state index in [4.69, 9.17) is 4.74 Å². The summed E-state index contributed by atoms with van der Waals surface area (Å²) in [6, 6.07) is 10.5. The fourth-order valence-corrected chi connectivity index (χ4v) is 7.26. The van der Waals surface area contributed by atoms with Crippen LogP contribution in [-0.4, -0.2) is 46.4 Å². The number of rotatable bonds is 6. The molecule has 1 aromatic carbocycles. The van der Waals surface area contributed by atoms with E-state index in [1.807, 2.05) is 53.9 Å². The second kappa shape index (κ2) is 9.43. The number of hydrogen-bond acceptors (Lipinski definition) is 5. The van der Waals surface area contributed by atoms with Gasteiger partial charge in [-0.25, -0.2) is 0 Å². The maximum absolute atomic E-state index is 14.0. The molecule has 3 amide bonds. The number of hydrogen-bond donors (Lipinski definition) is 2. The van der Waals surface area contributed by atoms with Crippen LogP contribution in [0.4, 0.5) is 5.69 Å². The molecular weight excluding hydrogens is 542 g/mol. The Morgan fingerprint density at radius 3 is 2.61 bits per heavy atom. The summed E-state index contributed by atoms with van der Waals surface area (Å²) in [6.07, 6.45) is 8.46. The number of ether oxygens (including phenoxy) is 1. The first-order valence-electron chi connectivity index (χ1n) is 12.5. The van der Waals surface area contributed by atoms with E-state index in [1.165, 1.54) is 6.42 Å². The van der Waals surface area contributed by atoms with Gasteiger partial charge in [-0.1, -0.05) is 53.4 Å². The number of nitrogens with one attached hydrogen (secondary N) is 2. The molecule has 4 heterocycles. The Bertz CT molecular complexity index is 1190. The van der Waals surface area contributed by atoms with E-state index in [0.29, 0.717) is 12.2 Å². The van der Waals surface area contributed by atoms with Crippen LogP contribution in [0.3, 0.4) is 0 Å². The molecule has 7 nitrogen and oxygen atoms in total. The predicted octanol–water partition coefficient (Wildman–Crippen LogP) is 4.25. The minimum Gasteiger partial charge on any atom is -0.359 e. The summed E-state index contributed by atoms with van der Waals surface area (Å²) < 4.78 is 7.33. The Kier molecular flexibility index (Phi) is 6.25. The van der Waals surface area contributed by atoms with E-state index in [0.717, 1.165) is 35.0 Å². The third kappa shape index (κ3) is 4.01. The smallest absolute Gasteiger partial charge is 0.246 e. The van der Waals surface area contributed by atoms with Crippen LogP contribution in [-0.2, 0) is 25.7 Å². The van der Waals surface area contributed by atoms with Gasteiger partial charge >= 0.3 is 0 Å². The number of carbonyl (C=O) groups is 3. The van der Waals surface area contributed by atoms with Crippen LogP contribution in [0.25, 0.3) is 0 Å². The first-order valence-corrected chi connectivity index (χ1v) is 14.2. The largest absolute Gasteiger partial charge is 0.359 e. The molecule has 5 atom stereocenters. The van der Waals surface area contributed by atoms with Crippen LogP contribution in [0.2, 0.25) is 0 Å². The molecule has 36 heavy (non-hydrogen) atoms. The molecule has 0 radical (unpaired) electrons. The molecule has 2 bridgehead atoms. The van der Waals surface area contributed by atoms with Crippen molar-refractivity contribution in [3.05, 3.63) is 63.3 Å². The fraction of sp³-hybridized carbons (Fsp3) is 0.444.